The van der Waals surface area contributed by atoms with Crippen molar-refractivity contribution in [2.75, 3.05) is 7.11 Å². The van der Waals surface area contributed by atoms with Crippen molar-refractivity contribution < 1.29 is 9.84 Å². The first-order valence-electron chi connectivity index (χ1n) is 7.07. The van der Waals surface area contributed by atoms with E-state index in [0.717, 1.165) is 27.6 Å². The Morgan fingerprint density at radius 3 is 2.48 bits per heavy atom. The molecule has 0 spiro atoms. The lowest BCUT2D eigenvalue weighted by Gasteiger charge is -2.15. The fraction of sp³-hybridized carbons (Fsp3) is 0.158. The average molecular weight is 278 g/mol. The summed E-state index contributed by atoms with van der Waals surface area (Å²) in [5.74, 6) is 0.816. The lowest BCUT2D eigenvalue weighted by atomic mass is 9.96. The van der Waals surface area contributed by atoms with Crippen molar-refractivity contribution in [2.24, 2.45) is 0 Å². The highest BCUT2D eigenvalue weighted by Gasteiger charge is 2.14. The van der Waals surface area contributed by atoms with Gasteiger partial charge in [-0.2, -0.15) is 0 Å². The van der Waals surface area contributed by atoms with Crippen LogP contribution in [0.25, 0.3) is 10.8 Å². The van der Waals surface area contributed by atoms with Crippen LogP contribution in [0.2, 0.25) is 0 Å². The fourth-order valence-corrected chi connectivity index (χ4v) is 2.73. The molecule has 0 aromatic heterocycles. The molecule has 1 unspecified atom stereocenters. The molecular weight excluding hydrogens is 260 g/mol. The van der Waals surface area contributed by atoms with E-state index in [2.05, 4.69) is 18.2 Å². The smallest absolute Gasteiger partial charge is 0.122 e. The molecule has 2 heteroatoms. The van der Waals surface area contributed by atoms with Gasteiger partial charge in [-0.1, -0.05) is 60.7 Å². The zero-order valence-corrected chi connectivity index (χ0v) is 12.0. The molecule has 0 amide bonds. The van der Waals surface area contributed by atoms with E-state index in [1.165, 1.54) is 0 Å². The average Bonchev–Trinajstić information content (AvgIpc) is 2.54. The van der Waals surface area contributed by atoms with Crippen LogP contribution in [0.4, 0.5) is 0 Å². The summed E-state index contributed by atoms with van der Waals surface area (Å²) in [6.07, 6.45) is -0.00900. The quantitative estimate of drug-likeness (QED) is 0.777. The molecule has 0 aliphatic carbocycles. The Morgan fingerprint density at radius 1 is 0.905 bits per heavy atom. The van der Waals surface area contributed by atoms with Crippen LogP contribution in [0.3, 0.4) is 0 Å². The normalized spacial score (nSPS) is 12.3. The molecule has 0 saturated carbocycles. The third-order valence-corrected chi connectivity index (χ3v) is 3.79. The Balaban J connectivity index is 1.96. The summed E-state index contributed by atoms with van der Waals surface area (Å²) in [5.41, 5.74) is 1.97. The monoisotopic (exact) mass is 278 g/mol. The Labute approximate surface area is 124 Å². The number of rotatable bonds is 4. The molecule has 2 nitrogen and oxygen atoms in total. The molecule has 0 aliphatic heterocycles. The Bertz CT molecular complexity index is 744. The van der Waals surface area contributed by atoms with E-state index in [-0.39, 0.29) is 0 Å². The van der Waals surface area contributed by atoms with E-state index in [0.29, 0.717) is 6.42 Å². The SMILES string of the molecule is COc1ccccc1CC(O)c1cccc2ccccc12. The largest absolute Gasteiger partial charge is 0.496 e. The first-order valence-corrected chi connectivity index (χ1v) is 7.07. The zero-order chi connectivity index (χ0) is 14.7. The lowest BCUT2D eigenvalue weighted by Crippen LogP contribution is -2.04. The molecule has 0 bridgehead atoms. The van der Waals surface area contributed by atoms with E-state index >= 15 is 0 Å². The molecule has 0 saturated heterocycles. The van der Waals surface area contributed by atoms with Crippen LogP contribution >= 0.6 is 0 Å². The summed E-state index contributed by atoms with van der Waals surface area (Å²) in [4.78, 5) is 0. The number of benzene rings is 3. The van der Waals surface area contributed by atoms with Gasteiger partial charge in [-0.3, -0.25) is 0 Å². The van der Waals surface area contributed by atoms with Crippen LogP contribution < -0.4 is 4.74 Å². The predicted octanol–water partition coefficient (Wildman–Crippen LogP) is 4.12. The molecule has 3 aromatic carbocycles. The lowest BCUT2D eigenvalue weighted by molar-refractivity contribution is 0.179. The fourth-order valence-electron chi connectivity index (χ4n) is 2.73. The van der Waals surface area contributed by atoms with Crippen LogP contribution in [0.5, 0.6) is 5.75 Å². The molecular formula is C19H18O2. The Kier molecular flexibility index (Phi) is 3.89. The third-order valence-electron chi connectivity index (χ3n) is 3.79. The number of ether oxygens (including phenoxy) is 1. The van der Waals surface area contributed by atoms with Crippen molar-refractivity contribution in [3.05, 3.63) is 77.9 Å². The van der Waals surface area contributed by atoms with Crippen molar-refractivity contribution >= 4 is 10.8 Å². The summed E-state index contributed by atoms with van der Waals surface area (Å²) in [7, 11) is 1.66. The van der Waals surface area contributed by atoms with Crippen LogP contribution in [0, 0.1) is 0 Å². The summed E-state index contributed by atoms with van der Waals surface area (Å²) in [6, 6.07) is 22.0. The number of hydrogen-bond donors (Lipinski definition) is 1. The maximum absolute atomic E-state index is 10.6. The highest BCUT2D eigenvalue weighted by Crippen LogP contribution is 2.29. The van der Waals surface area contributed by atoms with Crippen molar-refractivity contribution in [3.63, 3.8) is 0 Å². The number of para-hydroxylation sites is 1. The molecule has 0 fully saturated rings. The van der Waals surface area contributed by atoms with E-state index in [9.17, 15) is 5.11 Å². The van der Waals surface area contributed by atoms with Gasteiger partial charge in [0.25, 0.3) is 0 Å². The maximum Gasteiger partial charge on any atom is 0.122 e. The van der Waals surface area contributed by atoms with Gasteiger partial charge in [0.05, 0.1) is 13.2 Å². The van der Waals surface area contributed by atoms with Crippen LogP contribution in [0.15, 0.2) is 66.7 Å². The van der Waals surface area contributed by atoms with E-state index in [1.807, 2.05) is 48.5 Å². The van der Waals surface area contributed by atoms with Crippen molar-refractivity contribution in [1.29, 1.82) is 0 Å². The number of methoxy groups -OCH3 is 1. The second kappa shape index (κ2) is 5.98. The van der Waals surface area contributed by atoms with Gasteiger partial charge in [-0.25, -0.2) is 0 Å². The van der Waals surface area contributed by atoms with Gasteiger partial charge < -0.3 is 9.84 Å². The van der Waals surface area contributed by atoms with Gasteiger partial charge in [0, 0.05) is 6.42 Å². The number of aliphatic hydroxyl groups excluding tert-OH is 1. The number of aliphatic hydroxyl groups is 1. The van der Waals surface area contributed by atoms with E-state index < -0.39 is 6.10 Å². The highest BCUT2D eigenvalue weighted by atomic mass is 16.5. The third kappa shape index (κ3) is 2.76. The van der Waals surface area contributed by atoms with Gasteiger partial charge in [-0.05, 0) is 28.0 Å². The van der Waals surface area contributed by atoms with Crippen molar-refractivity contribution in [2.45, 2.75) is 12.5 Å². The number of hydrogen-bond acceptors (Lipinski definition) is 2. The minimum absolute atomic E-state index is 0.540. The van der Waals surface area contributed by atoms with Crippen molar-refractivity contribution in [3.8, 4) is 5.75 Å². The van der Waals surface area contributed by atoms with Gasteiger partial charge in [-0.15, -0.1) is 0 Å². The maximum atomic E-state index is 10.6. The zero-order valence-electron chi connectivity index (χ0n) is 12.0. The van der Waals surface area contributed by atoms with Crippen LogP contribution in [-0.2, 0) is 6.42 Å². The molecule has 0 heterocycles. The Morgan fingerprint density at radius 2 is 1.62 bits per heavy atom. The molecule has 21 heavy (non-hydrogen) atoms. The molecule has 0 radical (unpaired) electrons. The predicted molar refractivity (Wildman–Crippen MR) is 85.6 cm³/mol. The first-order chi connectivity index (χ1) is 10.3. The van der Waals surface area contributed by atoms with Crippen molar-refractivity contribution in [1.82, 2.24) is 0 Å². The van der Waals surface area contributed by atoms with E-state index in [1.54, 1.807) is 7.11 Å². The van der Waals surface area contributed by atoms with Gasteiger partial charge in [0.2, 0.25) is 0 Å². The highest BCUT2D eigenvalue weighted by molar-refractivity contribution is 5.86. The summed E-state index contributed by atoms with van der Waals surface area (Å²) >= 11 is 0. The summed E-state index contributed by atoms with van der Waals surface area (Å²) in [5, 5.41) is 12.9. The Hall–Kier alpha value is -2.32. The number of fused-ring (bicyclic) bond motifs is 1. The van der Waals surface area contributed by atoms with Gasteiger partial charge >= 0.3 is 0 Å². The first kappa shape index (κ1) is 13.7. The molecule has 3 aromatic rings. The molecule has 3 rings (SSSR count). The minimum atomic E-state index is -0.549. The summed E-state index contributed by atoms with van der Waals surface area (Å²) in [6.45, 7) is 0. The van der Waals surface area contributed by atoms with Gasteiger partial charge in [0.1, 0.15) is 5.75 Å². The standard InChI is InChI=1S/C19H18O2/c1-21-19-12-5-3-8-15(19)13-18(20)17-11-6-9-14-7-2-4-10-16(14)17/h2-12,18,20H,13H2,1H3. The van der Waals surface area contributed by atoms with E-state index in [4.69, 9.17) is 4.74 Å². The van der Waals surface area contributed by atoms with Crippen LogP contribution in [0.1, 0.15) is 17.2 Å². The molecule has 1 N–H and O–H groups in total. The second-order valence-electron chi connectivity index (χ2n) is 5.10. The summed E-state index contributed by atoms with van der Waals surface area (Å²) < 4.78 is 5.36. The molecule has 0 aliphatic rings. The molecule has 1 atom stereocenters. The second-order valence-corrected chi connectivity index (χ2v) is 5.10. The minimum Gasteiger partial charge on any atom is -0.496 e. The molecule has 106 valence electrons. The van der Waals surface area contributed by atoms with Gasteiger partial charge in [0.15, 0.2) is 0 Å². The van der Waals surface area contributed by atoms with Crippen LogP contribution in [-0.4, -0.2) is 12.2 Å². The topological polar surface area (TPSA) is 29.5 Å².